The first-order valence-electron chi connectivity index (χ1n) is 4.45. The summed E-state index contributed by atoms with van der Waals surface area (Å²) in [4.78, 5) is 0. The number of hydrogen-bond donors (Lipinski definition) is 1. The molecule has 0 aromatic carbocycles. The molecule has 0 saturated carbocycles. The van der Waals surface area contributed by atoms with Crippen LogP contribution in [0.3, 0.4) is 0 Å². The highest BCUT2D eigenvalue weighted by molar-refractivity contribution is 8.04. The Bertz CT molecular complexity index is 310. The minimum Gasteiger partial charge on any atom is -0.308 e. The standard InChI is InChI=1S/C6H13N4O3PS/c1-3-12-14(11,13-4-2)5-15-6-7-9-10-8-6/h3-5H2,1-2H3,(H,7,8,9,10). The van der Waals surface area contributed by atoms with Crippen molar-refractivity contribution in [2.75, 3.05) is 18.7 Å². The van der Waals surface area contributed by atoms with Gasteiger partial charge in [-0.05, 0) is 24.3 Å². The van der Waals surface area contributed by atoms with E-state index in [1.54, 1.807) is 13.8 Å². The summed E-state index contributed by atoms with van der Waals surface area (Å²) in [7, 11) is -3.01. The van der Waals surface area contributed by atoms with Crippen LogP contribution in [0.25, 0.3) is 0 Å². The molecule has 0 aliphatic rings. The van der Waals surface area contributed by atoms with E-state index in [0.717, 1.165) is 0 Å². The summed E-state index contributed by atoms with van der Waals surface area (Å²) in [5.74, 6) is 0. The van der Waals surface area contributed by atoms with Gasteiger partial charge in [-0.2, -0.15) is 0 Å². The number of nitrogens with zero attached hydrogens (tertiary/aromatic N) is 3. The van der Waals surface area contributed by atoms with Crippen LogP contribution in [-0.4, -0.2) is 39.3 Å². The molecule has 0 aliphatic carbocycles. The summed E-state index contributed by atoms with van der Waals surface area (Å²) < 4.78 is 22.2. The summed E-state index contributed by atoms with van der Waals surface area (Å²) in [5, 5.41) is 13.5. The molecule has 9 heteroatoms. The summed E-state index contributed by atoms with van der Waals surface area (Å²) in [5.41, 5.74) is 0.200. The second-order valence-corrected chi connectivity index (χ2v) is 5.87. The molecule has 1 aromatic rings. The Balaban J connectivity index is 2.48. The molecule has 7 nitrogen and oxygen atoms in total. The molecule has 0 unspecified atom stereocenters. The van der Waals surface area contributed by atoms with E-state index < -0.39 is 7.60 Å². The van der Waals surface area contributed by atoms with Gasteiger partial charge in [-0.15, -0.1) is 5.10 Å². The second kappa shape index (κ2) is 6.22. The van der Waals surface area contributed by atoms with E-state index in [4.69, 9.17) is 9.05 Å². The normalized spacial score (nSPS) is 11.9. The van der Waals surface area contributed by atoms with Crippen molar-refractivity contribution in [2.45, 2.75) is 19.0 Å². The number of aromatic amines is 1. The lowest BCUT2D eigenvalue weighted by molar-refractivity contribution is 0.224. The Morgan fingerprint density at radius 2 is 2.07 bits per heavy atom. The highest BCUT2D eigenvalue weighted by Gasteiger charge is 2.24. The van der Waals surface area contributed by atoms with Gasteiger partial charge in [-0.25, -0.2) is 5.10 Å². The minimum atomic E-state index is -3.01. The average Bonchev–Trinajstić information content (AvgIpc) is 2.68. The summed E-state index contributed by atoms with van der Waals surface area (Å²) >= 11 is 1.21. The maximum absolute atomic E-state index is 12.0. The third kappa shape index (κ3) is 4.29. The van der Waals surface area contributed by atoms with E-state index in [2.05, 4.69) is 20.6 Å². The van der Waals surface area contributed by atoms with Crippen molar-refractivity contribution in [1.29, 1.82) is 0 Å². The molecule has 0 saturated heterocycles. The van der Waals surface area contributed by atoms with Crippen LogP contribution in [0.1, 0.15) is 13.8 Å². The van der Waals surface area contributed by atoms with Crippen LogP contribution in [0, 0.1) is 0 Å². The highest BCUT2D eigenvalue weighted by Crippen LogP contribution is 2.51. The van der Waals surface area contributed by atoms with Crippen molar-refractivity contribution in [2.24, 2.45) is 0 Å². The number of hydrogen-bond acceptors (Lipinski definition) is 7. The molecule has 1 aromatic heterocycles. The zero-order chi connectivity index (χ0) is 11.1. The quantitative estimate of drug-likeness (QED) is 0.581. The Morgan fingerprint density at radius 1 is 1.40 bits per heavy atom. The minimum absolute atomic E-state index is 0.200. The van der Waals surface area contributed by atoms with Gasteiger partial charge in [-0.1, -0.05) is 11.8 Å². The maximum atomic E-state index is 12.0. The maximum Gasteiger partial charge on any atom is 0.340 e. The monoisotopic (exact) mass is 252 g/mol. The van der Waals surface area contributed by atoms with Crippen molar-refractivity contribution in [1.82, 2.24) is 20.6 Å². The number of tetrazole rings is 1. The van der Waals surface area contributed by atoms with Gasteiger partial charge >= 0.3 is 7.60 Å². The zero-order valence-corrected chi connectivity index (χ0v) is 10.3. The van der Waals surface area contributed by atoms with Crippen molar-refractivity contribution >= 4 is 19.4 Å². The number of H-pyrrole nitrogens is 1. The fourth-order valence-electron chi connectivity index (χ4n) is 0.857. The van der Waals surface area contributed by atoms with E-state index >= 15 is 0 Å². The predicted octanol–water partition coefficient (Wildman–Crippen LogP) is 1.52. The topological polar surface area (TPSA) is 90.0 Å². The largest absolute Gasteiger partial charge is 0.340 e. The Kier molecular flexibility index (Phi) is 5.24. The van der Waals surface area contributed by atoms with Crippen LogP contribution < -0.4 is 0 Å². The van der Waals surface area contributed by atoms with Gasteiger partial charge < -0.3 is 9.05 Å². The first kappa shape index (κ1) is 12.6. The average molecular weight is 252 g/mol. The first-order chi connectivity index (χ1) is 7.20. The van der Waals surface area contributed by atoms with Crippen LogP contribution in [0.4, 0.5) is 0 Å². The number of thioether (sulfide) groups is 1. The Hall–Kier alpha value is -0.430. The first-order valence-corrected chi connectivity index (χ1v) is 7.16. The van der Waals surface area contributed by atoms with E-state index in [1.807, 2.05) is 0 Å². The molecule has 1 heterocycles. The summed E-state index contributed by atoms with van der Waals surface area (Å²) in [6.07, 6.45) is 0. The third-order valence-electron chi connectivity index (χ3n) is 1.34. The van der Waals surface area contributed by atoms with Crippen molar-refractivity contribution in [3.8, 4) is 0 Å². The summed E-state index contributed by atoms with van der Waals surface area (Å²) in [6, 6.07) is 0. The van der Waals surface area contributed by atoms with Crippen LogP contribution in [0.2, 0.25) is 0 Å². The Morgan fingerprint density at radius 3 is 2.53 bits per heavy atom. The fourth-order valence-corrected chi connectivity index (χ4v) is 3.64. The van der Waals surface area contributed by atoms with Gasteiger partial charge in [-0.3, -0.25) is 4.57 Å². The number of nitrogens with one attached hydrogen (secondary N) is 1. The number of aromatic nitrogens is 4. The van der Waals surface area contributed by atoms with Crippen molar-refractivity contribution in [3.05, 3.63) is 0 Å². The van der Waals surface area contributed by atoms with Crippen LogP contribution >= 0.6 is 19.4 Å². The molecule has 1 N–H and O–H groups in total. The molecule has 0 fully saturated rings. The molecule has 15 heavy (non-hydrogen) atoms. The smallest absolute Gasteiger partial charge is 0.308 e. The Labute approximate surface area is 91.8 Å². The number of rotatable bonds is 7. The molecule has 0 radical (unpaired) electrons. The molecule has 0 atom stereocenters. The van der Waals surface area contributed by atoms with E-state index in [1.165, 1.54) is 11.8 Å². The molecule has 1 rings (SSSR count). The second-order valence-electron chi connectivity index (χ2n) is 2.43. The van der Waals surface area contributed by atoms with E-state index in [9.17, 15) is 4.57 Å². The van der Waals surface area contributed by atoms with Gasteiger partial charge in [0.25, 0.3) is 0 Å². The van der Waals surface area contributed by atoms with Gasteiger partial charge in [0.2, 0.25) is 5.16 Å². The van der Waals surface area contributed by atoms with E-state index in [-0.39, 0.29) is 5.49 Å². The lowest BCUT2D eigenvalue weighted by atomic mass is 10.9. The van der Waals surface area contributed by atoms with Gasteiger partial charge in [0.1, 0.15) is 5.49 Å². The predicted molar refractivity (Wildman–Crippen MR) is 55.8 cm³/mol. The zero-order valence-electron chi connectivity index (χ0n) is 8.54. The molecule has 86 valence electrons. The fraction of sp³-hybridized carbons (Fsp3) is 0.833. The molecule has 0 aliphatic heterocycles. The van der Waals surface area contributed by atoms with Gasteiger partial charge in [0.05, 0.1) is 13.2 Å². The van der Waals surface area contributed by atoms with Gasteiger partial charge in [0, 0.05) is 0 Å². The third-order valence-corrected chi connectivity index (χ3v) is 4.87. The van der Waals surface area contributed by atoms with Crippen LogP contribution in [0.15, 0.2) is 5.16 Å². The highest BCUT2D eigenvalue weighted by atomic mass is 32.2. The van der Waals surface area contributed by atoms with Crippen LogP contribution in [-0.2, 0) is 13.6 Å². The van der Waals surface area contributed by atoms with Crippen molar-refractivity contribution in [3.63, 3.8) is 0 Å². The van der Waals surface area contributed by atoms with Gasteiger partial charge in [0.15, 0.2) is 0 Å². The molecular formula is C6H13N4O3PS. The summed E-state index contributed by atoms with van der Waals surface area (Å²) in [6.45, 7) is 4.25. The lowest BCUT2D eigenvalue weighted by Gasteiger charge is -2.15. The SMILES string of the molecule is CCOP(=O)(CSc1nnn[nH]1)OCC. The molecule has 0 amide bonds. The molecule has 0 spiro atoms. The lowest BCUT2D eigenvalue weighted by Crippen LogP contribution is -1.98. The van der Waals surface area contributed by atoms with E-state index in [0.29, 0.717) is 18.4 Å². The van der Waals surface area contributed by atoms with Crippen molar-refractivity contribution < 1.29 is 13.6 Å². The van der Waals surface area contributed by atoms with Crippen LogP contribution in [0.5, 0.6) is 0 Å². The molecule has 0 bridgehead atoms. The molecular weight excluding hydrogens is 239 g/mol.